The van der Waals surface area contributed by atoms with Crippen molar-refractivity contribution in [3.8, 4) is 22.8 Å². The average molecular weight is 489 g/mol. The Morgan fingerprint density at radius 2 is 1.81 bits per heavy atom. The van der Waals surface area contributed by atoms with Crippen molar-refractivity contribution in [1.29, 1.82) is 0 Å². The van der Waals surface area contributed by atoms with Crippen molar-refractivity contribution in [3.63, 3.8) is 0 Å². The van der Waals surface area contributed by atoms with E-state index in [0.717, 1.165) is 11.1 Å². The molecule has 1 unspecified atom stereocenters. The average Bonchev–Trinajstić information content (AvgIpc) is 3.19. The van der Waals surface area contributed by atoms with E-state index >= 15 is 0 Å². The number of ether oxygens (including phenoxy) is 3. The molecule has 2 aromatic carbocycles. The lowest BCUT2D eigenvalue weighted by atomic mass is 10.1. The van der Waals surface area contributed by atoms with Crippen molar-refractivity contribution in [2.75, 3.05) is 20.8 Å². The molecule has 0 aliphatic rings. The Balaban J connectivity index is 1.53. The SMILES string of the molecule is COc1ccc(OC)c(C(C)NC(=O)COC(=O)c2cc(-c3ccccc3)nc3c2c(C)nn3C)c1. The highest BCUT2D eigenvalue weighted by Gasteiger charge is 2.22. The number of amides is 1. The Morgan fingerprint density at radius 1 is 1.06 bits per heavy atom. The van der Waals surface area contributed by atoms with Crippen molar-refractivity contribution in [2.45, 2.75) is 19.9 Å². The van der Waals surface area contributed by atoms with Crippen molar-refractivity contribution in [2.24, 2.45) is 7.05 Å². The molecule has 0 bridgehead atoms. The van der Waals surface area contributed by atoms with E-state index in [-0.39, 0.29) is 0 Å². The van der Waals surface area contributed by atoms with Gasteiger partial charge in [-0.05, 0) is 38.1 Å². The lowest BCUT2D eigenvalue weighted by Gasteiger charge is -2.18. The zero-order valence-corrected chi connectivity index (χ0v) is 20.9. The summed E-state index contributed by atoms with van der Waals surface area (Å²) in [4.78, 5) is 30.5. The fraction of sp³-hybridized carbons (Fsp3) is 0.259. The molecule has 4 rings (SSSR count). The molecule has 9 nitrogen and oxygen atoms in total. The summed E-state index contributed by atoms with van der Waals surface area (Å²) in [5.41, 5.74) is 3.72. The van der Waals surface area contributed by atoms with Crippen LogP contribution in [0.3, 0.4) is 0 Å². The first-order valence-electron chi connectivity index (χ1n) is 11.4. The maximum atomic E-state index is 13.1. The normalized spacial score (nSPS) is 11.7. The Kier molecular flexibility index (Phi) is 7.19. The molecule has 0 fully saturated rings. The zero-order chi connectivity index (χ0) is 25.8. The predicted molar refractivity (Wildman–Crippen MR) is 135 cm³/mol. The van der Waals surface area contributed by atoms with E-state index in [1.807, 2.05) is 37.3 Å². The summed E-state index contributed by atoms with van der Waals surface area (Å²) in [5, 5.41) is 7.84. The summed E-state index contributed by atoms with van der Waals surface area (Å²) < 4.78 is 17.7. The van der Waals surface area contributed by atoms with E-state index in [0.29, 0.717) is 39.5 Å². The fourth-order valence-electron chi connectivity index (χ4n) is 4.11. The number of pyridine rings is 1. The molecule has 0 saturated carbocycles. The first-order chi connectivity index (χ1) is 17.3. The van der Waals surface area contributed by atoms with Crippen LogP contribution in [0, 0.1) is 6.92 Å². The quantitative estimate of drug-likeness (QED) is 0.374. The zero-order valence-electron chi connectivity index (χ0n) is 20.9. The number of aryl methyl sites for hydroxylation is 2. The minimum Gasteiger partial charge on any atom is -0.497 e. The molecule has 36 heavy (non-hydrogen) atoms. The first-order valence-corrected chi connectivity index (χ1v) is 11.4. The second kappa shape index (κ2) is 10.5. The molecule has 186 valence electrons. The van der Waals surface area contributed by atoms with Gasteiger partial charge in [-0.1, -0.05) is 30.3 Å². The van der Waals surface area contributed by atoms with Gasteiger partial charge in [0.2, 0.25) is 0 Å². The smallest absolute Gasteiger partial charge is 0.339 e. The van der Waals surface area contributed by atoms with Gasteiger partial charge in [-0.25, -0.2) is 9.78 Å². The molecule has 2 aromatic heterocycles. The van der Waals surface area contributed by atoms with E-state index in [1.165, 1.54) is 0 Å². The second-order valence-corrected chi connectivity index (χ2v) is 8.30. The highest BCUT2D eigenvalue weighted by Crippen LogP contribution is 2.30. The van der Waals surface area contributed by atoms with Gasteiger partial charge >= 0.3 is 5.97 Å². The molecule has 0 saturated heterocycles. The number of nitrogens with zero attached hydrogens (tertiary/aromatic N) is 3. The van der Waals surface area contributed by atoms with Gasteiger partial charge in [-0.3, -0.25) is 9.48 Å². The van der Waals surface area contributed by atoms with Crippen LogP contribution < -0.4 is 14.8 Å². The van der Waals surface area contributed by atoms with Gasteiger partial charge in [0.05, 0.1) is 42.6 Å². The summed E-state index contributed by atoms with van der Waals surface area (Å²) >= 11 is 0. The van der Waals surface area contributed by atoms with E-state index in [9.17, 15) is 9.59 Å². The number of esters is 1. The topological polar surface area (TPSA) is 105 Å². The monoisotopic (exact) mass is 488 g/mol. The molecule has 0 aliphatic carbocycles. The number of nitrogens with one attached hydrogen (secondary N) is 1. The van der Waals surface area contributed by atoms with Gasteiger partial charge in [-0.2, -0.15) is 5.10 Å². The molecular formula is C27H28N4O5. The highest BCUT2D eigenvalue weighted by atomic mass is 16.5. The van der Waals surface area contributed by atoms with Gasteiger partial charge in [0.25, 0.3) is 5.91 Å². The molecule has 1 amide bonds. The summed E-state index contributed by atoms with van der Waals surface area (Å²) in [5.74, 6) is 0.177. The van der Waals surface area contributed by atoms with E-state index in [2.05, 4.69) is 10.4 Å². The van der Waals surface area contributed by atoms with Crippen LogP contribution in [0.25, 0.3) is 22.3 Å². The molecule has 0 aliphatic heterocycles. The fourth-order valence-corrected chi connectivity index (χ4v) is 4.11. The Labute approximate surface area is 209 Å². The number of carbonyl (C=O) groups is 2. The molecule has 0 radical (unpaired) electrons. The van der Waals surface area contributed by atoms with Gasteiger partial charge in [-0.15, -0.1) is 0 Å². The lowest BCUT2D eigenvalue weighted by Crippen LogP contribution is -2.31. The number of aromatic nitrogens is 3. The number of rotatable bonds is 8. The van der Waals surface area contributed by atoms with Gasteiger partial charge in [0.1, 0.15) is 11.5 Å². The number of hydrogen-bond donors (Lipinski definition) is 1. The molecule has 0 spiro atoms. The Hall–Kier alpha value is -4.40. The molecule has 1 N–H and O–H groups in total. The number of methoxy groups -OCH3 is 2. The van der Waals surface area contributed by atoms with Crippen LogP contribution >= 0.6 is 0 Å². The summed E-state index contributed by atoms with van der Waals surface area (Å²) in [6.45, 7) is 3.17. The van der Waals surface area contributed by atoms with E-state index in [4.69, 9.17) is 19.2 Å². The van der Waals surface area contributed by atoms with Crippen molar-refractivity contribution in [1.82, 2.24) is 20.1 Å². The Bertz CT molecular complexity index is 1410. The minimum absolute atomic E-state index is 0.305. The second-order valence-electron chi connectivity index (χ2n) is 8.30. The van der Waals surface area contributed by atoms with Crippen molar-refractivity contribution >= 4 is 22.9 Å². The van der Waals surface area contributed by atoms with Crippen molar-refractivity contribution in [3.05, 3.63) is 71.4 Å². The van der Waals surface area contributed by atoms with Crippen LogP contribution in [0.15, 0.2) is 54.6 Å². The van der Waals surface area contributed by atoms with Crippen LogP contribution in [-0.2, 0) is 16.6 Å². The number of fused-ring (bicyclic) bond motifs is 1. The van der Waals surface area contributed by atoms with Crippen LogP contribution in [0.4, 0.5) is 0 Å². The number of carbonyl (C=O) groups excluding carboxylic acids is 2. The summed E-state index contributed by atoms with van der Waals surface area (Å²) in [7, 11) is 4.90. The first kappa shape index (κ1) is 24.7. The highest BCUT2D eigenvalue weighted by molar-refractivity contribution is 6.05. The number of hydrogen-bond acceptors (Lipinski definition) is 7. The third kappa shape index (κ3) is 5.00. The minimum atomic E-state index is -0.627. The molecule has 2 heterocycles. The van der Waals surface area contributed by atoms with Gasteiger partial charge in [0, 0.05) is 18.2 Å². The summed E-state index contributed by atoms with van der Waals surface area (Å²) in [6.07, 6.45) is 0. The molecular weight excluding hydrogens is 460 g/mol. The third-order valence-corrected chi connectivity index (χ3v) is 5.87. The van der Waals surface area contributed by atoms with Crippen LogP contribution in [-0.4, -0.2) is 47.5 Å². The maximum absolute atomic E-state index is 13.1. The van der Waals surface area contributed by atoms with Gasteiger partial charge in [0.15, 0.2) is 12.3 Å². The van der Waals surface area contributed by atoms with Crippen LogP contribution in [0.2, 0.25) is 0 Å². The molecule has 4 aromatic rings. The largest absolute Gasteiger partial charge is 0.497 e. The standard InChI is InChI=1S/C27H28N4O5/c1-16(20-13-19(34-4)11-12-23(20)35-5)28-24(32)15-36-27(33)21-14-22(18-9-7-6-8-10-18)29-26-25(21)17(2)30-31(26)3/h6-14,16H,15H2,1-5H3,(H,28,32). The lowest BCUT2D eigenvalue weighted by molar-refractivity contribution is -0.124. The molecule has 9 heteroatoms. The van der Waals surface area contributed by atoms with Crippen LogP contribution in [0.1, 0.15) is 34.6 Å². The van der Waals surface area contributed by atoms with E-state index in [1.54, 1.807) is 57.1 Å². The maximum Gasteiger partial charge on any atom is 0.339 e. The Morgan fingerprint density at radius 3 is 2.50 bits per heavy atom. The third-order valence-electron chi connectivity index (χ3n) is 5.87. The summed E-state index contributed by atoms with van der Waals surface area (Å²) in [6, 6.07) is 16.1. The molecule has 1 atom stereocenters. The predicted octanol–water partition coefficient (Wildman–Crippen LogP) is 4.00. The van der Waals surface area contributed by atoms with Crippen LogP contribution in [0.5, 0.6) is 11.5 Å². The van der Waals surface area contributed by atoms with Gasteiger partial charge < -0.3 is 19.5 Å². The van der Waals surface area contributed by atoms with E-state index < -0.39 is 24.5 Å². The number of benzene rings is 2. The van der Waals surface area contributed by atoms with Crippen molar-refractivity contribution < 1.29 is 23.8 Å².